The van der Waals surface area contributed by atoms with E-state index in [4.69, 9.17) is 0 Å². The molecule has 27 heavy (non-hydrogen) atoms. The number of aromatic nitrogens is 4. The van der Waals surface area contributed by atoms with Gasteiger partial charge in [-0.05, 0) is 30.7 Å². The monoisotopic (exact) mass is 377 g/mol. The number of alkyl halides is 3. The van der Waals surface area contributed by atoms with E-state index in [1.165, 1.54) is 23.0 Å². The molecule has 0 aliphatic carbocycles. The van der Waals surface area contributed by atoms with Gasteiger partial charge in [-0.3, -0.25) is 14.6 Å². The molecular weight excluding hydrogens is 363 g/mol. The Balaban J connectivity index is 1.78. The summed E-state index contributed by atoms with van der Waals surface area (Å²) in [6, 6.07) is 6.52. The number of amides is 1. The molecule has 0 aliphatic heterocycles. The number of nitrogens with one attached hydrogen (secondary N) is 2. The second-order valence-electron chi connectivity index (χ2n) is 5.72. The zero-order chi connectivity index (χ0) is 19.6. The molecule has 2 N–H and O–H groups in total. The summed E-state index contributed by atoms with van der Waals surface area (Å²) in [6.07, 6.45) is -1.40. The van der Waals surface area contributed by atoms with Crippen molar-refractivity contribution >= 4 is 5.91 Å². The number of nitrogens with zero attached hydrogens (tertiary/aromatic N) is 3. The number of rotatable bonds is 4. The lowest BCUT2D eigenvalue weighted by atomic mass is 10.1. The van der Waals surface area contributed by atoms with E-state index in [1.807, 2.05) is 0 Å². The molecule has 1 aromatic carbocycles. The van der Waals surface area contributed by atoms with Crippen molar-refractivity contribution in [2.75, 3.05) is 0 Å². The molecule has 0 spiro atoms. The third-order valence-electron chi connectivity index (χ3n) is 3.77. The van der Waals surface area contributed by atoms with Crippen LogP contribution in [0.5, 0.6) is 0 Å². The van der Waals surface area contributed by atoms with Crippen molar-refractivity contribution in [3.63, 3.8) is 0 Å². The Kier molecular flexibility index (Phi) is 4.80. The number of benzene rings is 1. The molecule has 1 atom stereocenters. The van der Waals surface area contributed by atoms with Crippen molar-refractivity contribution in [1.29, 1.82) is 0 Å². The SMILES string of the molecule is CC(NC(=O)c1cc(=O)[nH]c(-n2cccn2)n1)c1ccc(C(F)(F)F)cc1. The molecule has 3 aromatic rings. The van der Waals surface area contributed by atoms with Crippen LogP contribution >= 0.6 is 0 Å². The molecule has 0 bridgehead atoms. The first-order chi connectivity index (χ1) is 12.7. The second kappa shape index (κ2) is 7.06. The average molecular weight is 377 g/mol. The van der Waals surface area contributed by atoms with Gasteiger partial charge in [0, 0.05) is 18.5 Å². The van der Waals surface area contributed by atoms with E-state index in [9.17, 15) is 22.8 Å². The maximum atomic E-state index is 12.6. The first-order valence-corrected chi connectivity index (χ1v) is 7.83. The van der Waals surface area contributed by atoms with Crippen molar-refractivity contribution in [1.82, 2.24) is 25.1 Å². The predicted octanol–water partition coefficient (Wildman–Crippen LogP) is 2.47. The molecule has 1 amide bonds. The topological polar surface area (TPSA) is 92.7 Å². The molecule has 3 rings (SSSR count). The van der Waals surface area contributed by atoms with Crippen LogP contribution in [0.3, 0.4) is 0 Å². The zero-order valence-electron chi connectivity index (χ0n) is 14.0. The number of halogens is 3. The number of hydrogen-bond donors (Lipinski definition) is 2. The van der Waals surface area contributed by atoms with Gasteiger partial charge in [0.05, 0.1) is 11.6 Å². The third kappa shape index (κ3) is 4.22. The summed E-state index contributed by atoms with van der Waals surface area (Å²) < 4.78 is 39.2. The maximum Gasteiger partial charge on any atom is 0.416 e. The van der Waals surface area contributed by atoms with Gasteiger partial charge in [-0.15, -0.1) is 0 Å². The lowest BCUT2D eigenvalue weighted by molar-refractivity contribution is -0.137. The van der Waals surface area contributed by atoms with Gasteiger partial charge in [0.15, 0.2) is 0 Å². The minimum Gasteiger partial charge on any atom is -0.344 e. The van der Waals surface area contributed by atoms with Gasteiger partial charge in [-0.25, -0.2) is 9.67 Å². The van der Waals surface area contributed by atoms with E-state index in [0.29, 0.717) is 5.56 Å². The fraction of sp³-hybridized carbons (Fsp3) is 0.176. The third-order valence-corrected chi connectivity index (χ3v) is 3.77. The van der Waals surface area contributed by atoms with E-state index in [0.717, 1.165) is 18.2 Å². The summed E-state index contributed by atoms with van der Waals surface area (Å²) in [5.74, 6) is -0.568. The van der Waals surface area contributed by atoms with E-state index >= 15 is 0 Å². The maximum absolute atomic E-state index is 12.6. The summed E-state index contributed by atoms with van der Waals surface area (Å²) in [5, 5.41) is 6.53. The number of carbonyl (C=O) groups is 1. The highest BCUT2D eigenvalue weighted by Gasteiger charge is 2.30. The first-order valence-electron chi connectivity index (χ1n) is 7.83. The van der Waals surface area contributed by atoms with Gasteiger partial charge >= 0.3 is 6.18 Å². The van der Waals surface area contributed by atoms with E-state index in [1.54, 1.807) is 19.2 Å². The second-order valence-corrected chi connectivity index (χ2v) is 5.72. The van der Waals surface area contributed by atoms with Gasteiger partial charge < -0.3 is 5.32 Å². The highest BCUT2D eigenvalue weighted by Crippen LogP contribution is 2.29. The molecule has 1 unspecified atom stereocenters. The minimum absolute atomic E-state index is 0.0693. The van der Waals surface area contributed by atoms with Gasteiger partial charge in [0.25, 0.3) is 11.5 Å². The predicted molar refractivity (Wildman–Crippen MR) is 89.3 cm³/mol. The Bertz CT molecular complexity index is 995. The smallest absolute Gasteiger partial charge is 0.344 e. The molecule has 0 aliphatic rings. The summed E-state index contributed by atoms with van der Waals surface area (Å²) in [4.78, 5) is 30.7. The number of hydrogen-bond acceptors (Lipinski definition) is 4. The van der Waals surface area contributed by atoms with Gasteiger partial charge in [0.2, 0.25) is 5.95 Å². The van der Waals surface area contributed by atoms with Gasteiger partial charge in [-0.2, -0.15) is 18.3 Å². The fourth-order valence-corrected chi connectivity index (χ4v) is 2.38. The number of aromatic amines is 1. The van der Waals surface area contributed by atoms with Crippen LogP contribution < -0.4 is 10.9 Å². The van der Waals surface area contributed by atoms with Gasteiger partial charge in [0.1, 0.15) is 5.69 Å². The minimum atomic E-state index is -4.43. The average Bonchev–Trinajstić information content (AvgIpc) is 3.15. The Morgan fingerprint density at radius 2 is 1.96 bits per heavy atom. The van der Waals surface area contributed by atoms with Crippen LogP contribution in [0.2, 0.25) is 0 Å². The molecule has 10 heteroatoms. The Labute approximate surface area is 150 Å². The van der Waals surface area contributed by atoms with Crippen LogP contribution in [0.15, 0.2) is 53.6 Å². The van der Waals surface area contributed by atoms with Crippen LogP contribution in [0, 0.1) is 0 Å². The summed E-state index contributed by atoms with van der Waals surface area (Å²) in [5.41, 5.74) is -0.968. The van der Waals surface area contributed by atoms with Gasteiger partial charge in [-0.1, -0.05) is 12.1 Å². The summed E-state index contributed by atoms with van der Waals surface area (Å²) >= 11 is 0. The van der Waals surface area contributed by atoms with Crippen LogP contribution in [-0.4, -0.2) is 25.7 Å². The molecule has 2 heterocycles. The Morgan fingerprint density at radius 1 is 1.26 bits per heavy atom. The molecule has 7 nitrogen and oxygen atoms in total. The molecule has 0 saturated carbocycles. The first kappa shape index (κ1) is 18.4. The Morgan fingerprint density at radius 3 is 2.56 bits per heavy atom. The standard InChI is InChI=1S/C17H14F3N5O2/c1-10(11-3-5-12(6-4-11)17(18,19)20)22-15(27)13-9-14(26)24-16(23-13)25-8-2-7-21-25/h2-10H,1H3,(H,22,27)(H,23,24,26). The highest BCUT2D eigenvalue weighted by molar-refractivity contribution is 5.92. The fourth-order valence-electron chi connectivity index (χ4n) is 2.38. The quantitative estimate of drug-likeness (QED) is 0.731. The molecule has 0 saturated heterocycles. The molecule has 140 valence electrons. The molecular formula is C17H14F3N5O2. The van der Waals surface area contributed by atoms with E-state index < -0.39 is 29.2 Å². The van der Waals surface area contributed by atoms with Crippen molar-refractivity contribution < 1.29 is 18.0 Å². The normalized spacial score (nSPS) is 12.6. The lowest BCUT2D eigenvalue weighted by Gasteiger charge is -2.15. The van der Waals surface area contributed by atoms with Crippen LogP contribution in [0.4, 0.5) is 13.2 Å². The van der Waals surface area contributed by atoms with Crippen molar-refractivity contribution in [3.8, 4) is 5.95 Å². The summed E-state index contributed by atoms with van der Waals surface area (Å²) in [6.45, 7) is 1.61. The van der Waals surface area contributed by atoms with E-state index in [-0.39, 0.29) is 11.6 Å². The molecule has 0 radical (unpaired) electrons. The van der Waals surface area contributed by atoms with Crippen molar-refractivity contribution in [2.45, 2.75) is 19.1 Å². The van der Waals surface area contributed by atoms with Crippen molar-refractivity contribution in [3.05, 3.63) is 76.0 Å². The largest absolute Gasteiger partial charge is 0.416 e. The molecule has 2 aromatic heterocycles. The van der Waals surface area contributed by atoms with E-state index in [2.05, 4.69) is 20.4 Å². The number of carbonyl (C=O) groups excluding carboxylic acids is 1. The zero-order valence-corrected chi connectivity index (χ0v) is 14.0. The highest BCUT2D eigenvalue weighted by atomic mass is 19.4. The van der Waals surface area contributed by atoms with Crippen molar-refractivity contribution in [2.24, 2.45) is 0 Å². The van der Waals surface area contributed by atoms with Crippen LogP contribution in [0.25, 0.3) is 5.95 Å². The van der Waals surface area contributed by atoms with Crippen LogP contribution in [0.1, 0.15) is 34.6 Å². The lowest BCUT2D eigenvalue weighted by Crippen LogP contribution is -2.29. The van der Waals surface area contributed by atoms with Crippen LogP contribution in [-0.2, 0) is 6.18 Å². The summed E-state index contributed by atoms with van der Waals surface area (Å²) in [7, 11) is 0. The number of H-pyrrole nitrogens is 1. The molecule has 0 fully saturated rings. The Hall–Kier alpha value is -3.43.